The third-order valence-corrected chi connectivity index (χ3v) is 6.32. The van der Waals surface area contributed by atoms with Crippen molar-refractivity contribution in [1.82, 2.24) is 25.3 Å². The number of aromatic amines is 1. The minimum absolute atomic E-state index is 0.661. The summed E-state index contributed by atoms with van der Waals surface area (Å²) in [6.07, 6.45) is 2.10. The molecule has 1 aliphatic rings. The highest BCUT2D eigenvalue weighted by atomic mass is 32.2. The van der Waals surface area contributed by atoms with Crippen molar-refractivity contribution in [3.05, 3.63) is 53.3 Å². The zero-order chi connectivity index (χ0) is 22.1. The number of rotatable bonds is 8. The van der Waals surface area contributed by atoms with Crippen LogP contribution in [0.4, 0.5) is 5.82 Å². The minimum Gasteiger partial charge on any atom is -0.496 e. The van der Waals surface area contributed by atoms with E-state index in [-0.39, 0.29) is 0 Å². The smallest absolute Gasteiger partial charge is 0.169 e. The molecule has 3 N–H and O–H groups in total. The van der Waals surface area contributed by atoms with Crippen molar-refractivity contribution < 1.29 is 14.2 Å². The molecule has 9 nitrogen and oxygen atoms in total. The van der Waals surface area contributed by atoms with Gasteiger partial charge in [-0.3, -0.25) is 9.78 Å². The summed E-state index contributed by atoms with van der Waals surface area (Å²) in [7, 11) is 4.94. The molecule has 2 aromatic carbocycles. The Hall–Kier alpha value is -3.37. The van der Waals surface area contributed by atoms with Crippen LogP contribution in [-0.2, 0) is 19.6 Å². The van der Waals surface area contributed by atoms with Gasteiger partial charge in [0.1, 0.15) is 22.1 Å². The van der Waals surface area contributed by atoms with Crippen LogP contribution in [0.25, 0.3) is 10.9 Å². The molecule has 0 spiro atoms. The molecule has 0 amide bonds. The van der Waals surface area contributed by atoms with Gasteiger partial charge in [0.25, 0.3) is 0 Å². The van der Waals surface area contributed by atoms with Crippen molar-refractivity contribution in [2.45, 2.75) is 24.5 Å². The molecule has 0 unspecified atom stereocenters. The molecule has 4 aromatic rings. The van der Waals surface area contributed by atoms with Crippen molar-refractivity contribution in [2.75, 3.05) is 26.1 Å². The molecule has 0 aliphatic carbocycles. The number of methoxy groups -OCH3 is 3. The summed E-state index contributed by atoms with van der Waals surface area (Å²) in [4.78, 5) is 0.838. The Kier molecular flexibility index (Phi) is 5.54. The summed E-state index contributed by atoms with van der Waals surface area (Å²) >= 11 is 1.38. The molecule has 0 radical (unpaired) electrons. The normalized spacial score (nSPS) is 12.7. The number of nitrogens with zero attached hydrogens (tertiary/aromatic N) is 3. The summed E-state index contributed by atoms with van der Waals surface area (Å²) in [5.74, 6) is 2.85. The maximum Gasteiger partial charge on any atom is 0.169 e. The average molecular weight is 453 g/mol. The van der Waals surface area contributed by atoms with Gasteiger partial charge in [0, 0.05) is 24.8 Å². The maximum absolute atomic E-state index is 5.71. The molecular weight excluding hydrogens is 428 g/mol. The van der Waals surface area contributed by atoms with E-state index >= 15 is 0 Å². The van der Waals surface area contributed by atoms with Crippen LogP contribution in [0.1, 0.15) is 16.8 Å². The Morgan fingerprint density at radius 1 is 1.06 bits per heavy atom. The SMILES string of the molecule is COc1cccc(OC)c1SNc1n[nH]c2cc(Cn3cc4c(n3)CNC4)cc(OC)c12. The first-order valence-electron chi connectivity index (χ1n) is 10.1. The third-order valence-electron chi connectivity index (χ3n) is 5.42. The van der Waals surface area contributed by atoms with Crippen molar-refractivity contribution in [2.24, 2.45) is 0 Å². The summed E-state index contributed by atoms with van der Waals surface area (Å²) in [6.45, 7) is 2.37. The van der Waals surface area contributed by atoms with E-state index in [4.69, 9.17) is 14.2 Å². The van der Waals surface area contributed by atoms with Crippen molar-refractivity contribution in [3.8, 4) is 17.2 Å². The largest absolute Gasteiger partial charge is 0.496 e. The second-order valence-corrected chi connectivity index (χ2v) is 8.21. The first-order chi connectivity index (χ1) is 15.7. The molecule has 5 rings (SSSR count). The lowest BCUT2D eigenvalue weighted by Crippen LogP contribution is -2.07. The Morgan fingerprint density at radius 2 is 1.84 bits per heavy atom. The van der Waals surface area contributed by atoms with Gasteiger partial charge < -0.3 is 24.2 Å². The lowest BCUT2D eigenvalue weighted by atomic mass is 10.1. The van der Waals surface area contributed by atoms with E-state index < -0.39 is 0 Å². The van der Waals surface area contributed by atoms with Crippen molar-refractivity contribution in [1.29, 1.82) is 0 Å². The summed E-state index contributed by atoms with van der Waals surface area (Å²) in [5, 5.41) is 16.4. The number of hydrogen-bond acceptors (Lipinski definition) is 8. The molecule has 3 heterocycles. The molecule has 0 saturated heterocycles. The summed E-state index contributed by atoms with van der Waals surface area (Å²) in [6, 6.07) is 9.78. The molecule has 0 fully saturated rings. The fourth-order valence-corrected chi connectivity index (χ4v) is 4.75. The monoisotopic (exact) mass is 452 g/mol. The highest BCUT2D eigenvalue weighted by Crippen LogP contribution is 2.40. The van der Waals surface area contributed by atoms with Gasteiger partial charge in [-0.2, -0.15) is 10.2 Å². The van der Waals surface area contributed by atoms with Gasteiger partial charge in [0.05, 0.1) is 44.5 Å². The Labute approximate surface area is 189 Å². The highest BCUT2D eigenvalue weighted by Gasteiger charge is 2.18. The number of hydrogen-bond donors (Lipinski definition) is 3. The van der Waals surface area contributed by atoms with Crippen LogP contribution >= 0.6 is 11.9 Å². The molecule has 10 heteroatoms. The third kappa shape index (κ3) is 3.71. The van der Waals surface area contributed by atoms with Crippen LogP contribution in [0.3, 0.4) is 0 Å². The molecule has 1 aliphatic heterocycles. The van der Waals surface area contributed by atoms with Gasteiger partial charge in [-0.05, 0) is 41.8 Å². The molecular formula is C22H24N6O3S. The van der Waals surface area contributed by atoms with E-state index in [2.05, 4.69) is 37.6 Å². The van der Waals surface area contributed by atoms with E-state index in [9.17, 15) is 0 Å². The molecule has 166 valence electrons. The number of anilines is 1. The fourth-order valence-electron chi connectivity index (χ4n) is 3.90. The average Bonchev–Trinajstić information content (AvgIpc) is 3.52. The van der Waals surface area contributed by atoms with E-state index in [0.717, 1.165) is 57.4 Å². The number of benzene rings is 2. The predicted molar refractivity (Wildman–Crippen MR) is 124 cm³/mol. The van der Waals surface area contributed by atoms with E-state index in [0.29, 0.717) is 12.4 Å². The minimum atomic E-state index is 0.661. The Morgan fingerprint density at radius 3 is 2.56 bits per heavy atom. The van der Waals surface area contributed by atoms with Gasteiger partial charge in [-0.25, -0.2) is 0 Å². The first kappa shape index (κ1) is 20.5. The zero-order valence-electron chi connectivity index (χ0n) is 18.1. The van der Waals surface area contributed by atoms with Gasteiger partial charge in [0.2, 0.25) is 0 Å². The Bertz CT molecular complexity index is 1220. The number of fused-ring (bicyclic) bond motifs is 2. The lowest BCUT2D eigenvalue weighted by Gasteiger charge is -2.13. The van der Waals surface area contributed by atoms with Crippen LogP contribution in [0.15, 0.2) is 41.4 Å². The van der Waals surface area contributed by atoms with Crippen molar-refractivity contribution in [3.63, 3.8) is 0 Å². The van der Waals surface area contributed by atoms with Gasteiger partial charge in [-0.1, -0.05) is 6.07 Å². The lowest BCUT2D eigenvalue weighted by molar-refractivity contribution is 0.376. The highest BCUT2D eigenvalue weighted by molar-refractivity contribution is 8.00. The second-order valence-electron chi connectivity index (χ2n) is 7.39. The Balaban J connectivity index is 1.42. The molecule has 32 heavy (non-hydrogen) atoms. The van der Waals surface area contributed by atoms with E-state index in [1.165, 1.54) is 17.5 Å². The van der Waals surface area contributed by atoms with Gasteiger partial charge >= 0.3 is 0 Å². The van der Waals surface area contributed by atoms with Crippen LogP contribution in [0, 0.1) is 0 Å². The van der Waals surface area contributed by atoms with Crippen LogP contribution in [0.2, 0.25) is 0 Å². The number of aromatic nitrogens is 4. The van der Waals surface area contributed by atoms with Crippen LogP contribution in [0.5, 0.6) is 17.2 Å². The van der Waals surface area contributed by atoms with Gasteiger partial charge in [0.15, 0.2) is 5.82 Å². The van der Waals surface area contributed by atoms with Crippen LogP contribution < -0.4 is 24.2 Å². The summed E-state index contributed by atoms with van der Waals surface area (Å²) in [5.41, 5.74) is 4.35. The van der Waals surface area contributed by atoms with Gasteiger partial charge in [-0.15, -0.1) is 0 Å². The zero-order valence-corrected chi connectivity index (χ0v) is 18.9. The summed E-state index contributed by atoms with van der Waals surface area (Å²) < 4.78 is 22.0. The quantitative estimate of drug-likeness (QED) is 0.349. The molecule has 2 aromatic heterocycles. The standard InChI is InChI=1S/C22H24N6O3S/c1-29-17-5-4-6-18(30-2)21(17)32-27-22-20-15(24-25-22)7-13(8-19(20)31-3)11-28-12-14-9-23-10-16(14)26-28/h4-8,12,23H,9-11H2,1-3H3,(H2,24,25,27). The van der Waals surface area contributed by atoms with Crippen LogP contribution in [-0.4, -0.2) is 41.3 Å². The molecule has 0 saturated carbocycles. The van der Waals surface area contributed by atoms with Crippen molar-refractivity contribution >= 4 is 28.7 Å². The number of ether oxygens (including phenoxy) is 3. The topological polar surface area (TPSA) is 98.2 Å². The van der Waals surface area contributed by atoms with E-state index in [1.807, 2.05) is 28.9 Å². The fraction of sp³-hybridized carbons (Fsp3) is 0.273. The molecule has 0 atom stereocenters. The first-order valence-corrected chi connectivity index (χ1v) is 11.0. The number of nitrogens with one attached hydrogen (secondary N) is 3. The molecule has 0 bridgehead atoms. The second kappa shape index (κ2) is 8.64. The predicted octanol–water partition coefficient (Wildman–Crippen LogP) is 3.56. The number of H-pyrrole nitrogens is 1. The maximum atomic E-state index is 5.71. The van der Waals surface area contributed by atoms with E-state index in [1.54, 1.807) is 21.3 Å².